The Bertz CT molecular complexity index is 338. The van der Waals surface area contributed by atoms with Gasteiger partial charge in [-0.1, -0.05) is 6.07 Å². The lowest BCUT2D eigenvalue weighted by Gasteiger charge is -2.12. The molecule has 0 aromatic carbocycles. The van der Waals surface area contributed by atoms with E-state index in [0.29, 0.717) is 0 Å². The summed E-state index contributed by atoms with van der Waals surface area (Å²) in [7, 11) is 1.71. The number of benzene rings is 1. The Morgan fingerprint density at radius 1 is 1.33 bits per heavy atom. The molecule has 0 amide bonds. The number of methoxy groups -OCH3 is 1. The molecule has 0 heterocycles. The van der Waals surface area contributed by atoms with Gasteiger partial charge in [-0.2, -0.15) is 0 Å². The van der Waals surface area contributed by atoms with Crippen molar-refractivity contribution in [1.29, 1.82) is 0 Å². The van der Waals surface area contributed by atoms with Crippen molar-refractivity contribution >= 4 is 0 Å². The Morgan fingerprint density at radius 3 is 2.44 bits per heavy atom. The van der Waals surface area contributed by atoms with E-state index >= 15 is 0 Å². The molecule has 2 aliphatic carbocycles. The van der Waals surface area contributed by atoms with Gasteiger partial charge in [-0.05, 0) is 23.8 Å². The molecule has 0 aliphatic heterocycles. The van der Waals surface area contributed by atoms with Crippen molar-refractivity contribution in [2.75, 3.05) is 7.11 Å². The van der Waals surface area contributed by atoms with Crippen LogP contribution < -0.4 is 4.74 Å². The summed E-state index contributed by atoms with van der Waals surface area (Å²) < 4.78 is 5.05. The second-order valence-electron chi connectivity index (χ2n) is 2.37. The highest BCUT2D eigenvalue weighted by Gasteiger charge is 2.08. The van der Waals surface area contributed by atoms with Crippen molar-refractivity contribution in [3.63, 3.8) is 0 Å². The smallest absolute Gasteiger partial charge is 0.127 e. The third kappa shape index (κ3) is 0.400. The van der Waals surface area contributed by atoms with Gasteiger partial charge >= 0.3 is 0 Å². The first-order valence-corrected chi connectivity index (χ1v) is 3.02. The quantitative estimate of drug-likeness (QED) is 0.555. The molecule has 0 N–H and O–H groups in total. The van der Waals surface area contributed by atoms with Crippen molar-refractivity contribution in [1.82, 2.24) is 0 Å². The molecule has 0 atom stereocenters. The predicted molar refractivity (Wildman–Crippen MR) is 35.4 cm³/mol. The van der Waals surface area contributed by atoms with Crippen LogP contribution in [0.5, 0.6) is 5.75 Å². The Balaban J connectivity index is 2.63. The second-order valence-corrected chi connectivity index (χ2v) is 2.37. The maximum atomic E-state index is 5.05. The van der Waals surface area contributed by atoms with Crippen molar-refractivity contribution < 1.29 is 4.74 Å². The van der Waals surface area contributed by atoms with Crippen LogP contribution in [0.1, 0.15) is 5.56 Å². The van der Waals surface area contributed by atoms with Crippen LogP contribution in [0, 0.1) is 17.4 Å². The molecular weight excluding hydrogens is 112 g/mol. The number of aryl methyl sites for hydroxylation is 1. The van der Waals surface area contributed by atoms with Gasteiger partial charge in [-0.25, -0.2) is 0 Å². The van der Waals surface area contributed by atoms with Gasteiger partial charge in [0.05, 0.1) is 7.11 Å². The van der Waals surface area contributed by atoms with Crippen LogP contribution in [-0.2, 0) is 0 Å². The molecule has 1 heteroatoms. The first kappa shape index (κ1) is 4.86. The SMILES string of the molecule is COc1cc2cc(C)c1=2. The first-order valence-electron chi connectivity index (χ1n) is 3.02. The third-order valence-corrected chi connectivity index (χ3v) is 1.81. The second kappa shape index (κ2) is 1.29. The highest BCUT2D eigenvalue weighted by molar-refractivity contribution is 5.44. The maximum absolute atomic E-state index is 5.05. The summed E-state index contributed by atoms with van der Waals surface area (Å²) in [4.78, 5) is 0. The lowest BCUT2D eigenvalue weighted by Crippen LogP contribution is -1.97. The van der Waals surface area contributed by atoms with Gasteiger partial charge in [-0.15, -0.1) is 0 Å². The van der Waals surface area contributed by atoms with Crippen LogP contribution in [0.4, 0.5) is 0 Å². The van der Waals surface area contributed by atoms with E-state index in [2.05, 4.69) is 19.1 Å². The molecule has 0 aromatic rings. The number of ether oxygens (including phenoxy) is 1. The zero-order chi connectivity index (χ0) is 6.43. The largest absolute Gasteiger partial charge is 0.496 e. The summed E-state index contributed by atoms with van der Waals surface area (Å²) in [5.74, 6) is 1.05. The van der Waals surface area contributed by atoms with Crippen LogP contribution in [0.25, 0.3) is 0 Å². The summed E-state index contributed by atoms with van der Waals surface area (Å²) >= 11 is 0. The minimum atomic E-state index is 1.05. The molecule has 0 fully saturated rings. The molecule has 46 valence electrons. The lowest BCUT2D eigenvalue weighted by atomic mass is 9.99. The Labute approximate surface area is 53.6 Å². The van der Waals surface area contributed by atoms with Gasteiger partial charge in [0.15, 0.2) is 0 Å². The Hall–Kier alpha value is -0.980. The van der Waals surface area contributed by atoms with E-state index in [1.165, 1.54) is 16.0 Å². The van der Waals surface area contributed by atoms with Gasteiger partial charge in [0.25, 0.3) is 0 Å². The number of hydrogen-bond donors (Lipinski definition) is 0. The summed E-state index contributed by atoms with van der Waals surface area (Å²) in [5, 5.41) is 2.68. The lowest BCUT2D eigenvalue weighted by molar-refractivity contribution is 0.406. The Morgan fingerprint density at radius 2 is 2.11 bits per heavy atom. The monoisotopic (exact) mass is 120 g/mol. The van der Waals surface area contributed by atoms with Crippen LogP contribution in [0.2, 0.25) is 0 Å². The maximum Gasteiger partial charge on any atom is 0.127 e. The first-order chi connectivity index (χ1) is 4.33. The van der Waals surface area contributed by atoms with E-state index in [1.807, 2.05) is 0 Å². The normalized spacial score (nSPS) is 11.3. The summed E-state index contributed by atoms with van der Waals surface area (Å²) in [6.07, 6.45) is 0. The topological polar surface area (TPSA) is 9.23 Å². The van der Waals surface area contributed by atoms with E-state index < -0.39 is 0 Å². The third-order valence-electron chi connectivity index (χ3n) is 1.81. The summed E-state index contributed by atoms with van der Waals surface area (Å²) in [6, 6.07) is 4.22. The molecule has 2 rings (SSSR count). The van der Waals surface area contributed by atoms with Crippen molar-refractivity contribution in [3.8, 4) is 5.75 Å². The van der Waals surface area contributed by atoms with E-state index in [4.69, 9.17) is 4.74 Å². The molecule has 0 radical (unpaired) electrons. The molecule has 1 nitrogen and oxygen atoms in total. The van der Waals surface area contributed by atoms with Crippen LogP contribution >= 0.6 is 0 Å². The van der Waals surface area contributed by atoms with Gasteiger partial charge in [0.2, 0.25) is 0 Å². The fourth-order valence-electron chi connectivity index (χ4n) is 1.27. The molecule has 0 saturated heterocycles. The van der Waals surface area contributed by atoms with Gasteiger partial charge in [-0.3, -0.25) is 0 Å². The standard InChI is InChI=1S/C8H8O/c1-5-3-6-4-7(9-2)8(5)6/h3-4H,1-2H3. The zero-order valence-corrected chi connectivity index (χ0v) is 5.56. The zero-order valence-electron chi connectivity index (χ0n) is 5.56. The highest BCUT2D eigenvalue weighted by atomic mass is 16.5. The van der Waals surface area contributed by atoms with E-state index in [1.54, 1.807) is 7.11 Å². The molecule has 0 unspecified atom stereocenters. The van der Waals surface area contributed by atoms with E-state index in [0.717, 1.165) is 5.75 Å². The Kier molecular flexibility index (Phi) is 0.699. The van der Waals surface area contributed by atoms with Gasteiger partial charge < -0.3 is 4.74 Å². The summed E-state index contributed by atoms with van der Waals surface area (Å²) in [6.45, 7) is 2.10. The molecule has 0 aromatic heterocycles. The van der Waals surface area contributed by atoms with Gasteiger partial charge in [0.1, 0.15) is 5.75 Å². The fourth-order valence-corrected chi connectivity index (χ4v) is 1.27. The molecule has 2 aliphatic rings. The van der Waals surface area contributed by atoms with Crippen molar-refractivity contribution in [3.05, 3.63) is 28.1 Å². The minimum Gasteiger partial charge on any atom is -0.496 e. The average Bonchev–Trinajstić information content (AvgIpc) is 1.80. The molecule has 0 bridgehead atoms. The van der Waals surface area contributed by atoms with Crippen LogP contribution in [0.15, 0.2) is 12.1 Å². The number of rotatable bonds is 1. The highest BCUT2D eigenvalue weighted by Crippen LogP contribution is 2.27. The van der Waals surface area contributed by atoms with Gasteiger partial charge in [0, 0.05) is 5.22 Å². The predicted octanol–water partition coefficient (Wildman–Crippen LogP) is 1.60. The summed E-state index contributed by atoms with van der Waals surface area (Å²) in [5.41, 5.74) is 1.35. The van der Waals surface area contributed by atoms with Crippen LogP contribution in [-0.4, -0.2) is 7.11 Å². The van der Waals surface area contributed by atoms with E-state index in [-0.39, 0.29) is 0 Å². The van der Waals surface area contributed by atoms with Crippen molar-refractivity contribution in [2.24, 2.45) is 0 Å². The van der Waals surface area contributed by atoms with Crippen molar-refractivity contribution in [2.45, 2.75) is 6.92 Å². The van der Waals surface area contributed by atoms with E-state index in [9.17, 15) is 0 Å². The minimum absolute atomic E-state index is 1.05. The van der Waals surface area contributed by atoms with Crippen LogP contribution in [0.3, 0.4) is 0 Å². The average molecular weight is 120 g/mol. The fraction of sp³-hybridized carbons (Fsp3) is 0.250. The molecule has 0 spiro atoms. The molecule has 9 heavy (non-hydrogen) atoms. The molecule has 0 saturated carbocycles. The number of hydrogen-bond acceptors (Lipinski definition) is 1. The molecular formula is C8H8O.